The SMILES string of the molecule is Nc1cc(NC(=O)c2cc3c(s2)CCCCC3)ccc1Cl. The van der Waals surface area contributed by atoms with E-state index in [-0.39, 0.29) is 5.91 Å². The second-order valence-electron chi connectivity index (χ2n) is 5.31. The summed E-state index contributed by atoms with van der Waals surface area (Å²) in [5, 5.41) is 3.38. The predicted molar refractivity (Wildman–Crippen MR) is 89.4 cm³/mol. The van der Waals surface area contributed by atoms with Gasteiger partial charge in [-0.05, 0) is 55.5 Å². The highest BCUT2D eigenvalue weighted by molar-refractivity contribution is 7.14. The number of nitrogens with one attached hydrogen (secondary N) is 1. The molecule has 110 valence electrons. The molecule has 0 aliphatic heterocycles. The first-order chi connectivity index (χ1) is 10.1. The molecule has 1 aliphatic carbocycles. The molecule has 0 unspecified atom stereocenters. The summed E-state index contributed by atoms with van der Waals surface area (Å²) in [5.41, 5.74) is 8.24. The Labute approximate surface area is 133 Å². The molecule has 5 heteroatoms. The van der Waals surface area contributed by atoms with Crippen molar-refractivity contribution in [1.29, 1.82) is 0 Å². The van der Waals surface area contributed by atoms with Gasteiger partial charge in [-0.3, -0.25) is 4.79 Å². The van der Waals surface area contributed by atoms with Gasteiger partial charge in [0.1, 0.15) is 0 Å². The monoisotopic (exact) mass is 320 g/mol. The number of rotatable bonds is 2. The van der Waals surface area contributed by atoms with Crippen molar-refractivity contribution in [2.24, 2.45) is 0 Å². The average Bonchev–Trinajstić information content (AvgIpc) is 2.74. The van der Waals surface area contributed by atoms with Crippen LogP contribution in [0.1, 0.15) is 39.4 Å². The molecule has 0 saturated heterocycles. The number of amides is 1. The summed E-state index contributed by atoms with van der Waals surface area (Å²) < 4.78 is 0. The lowest BCUT2D eigenvalue weighted by Crippen LogP contribution is -2.10. The third kappa shape index (κ3) is 3.22. The third-order valence-corrected chi connectivity index (χ3v) is 5.30. The van der Waals surface area contributed by atoms with Crippen molar-refractivity contribution in [2.45, 2.75) is 32.1 Å². The molecule has 1 amide bonds. The highest BCUT2D eigenvalue weighted by atomic mass is 35.5. The Morgan fingerprint density at radius 1 is 1.19 bits per heavy atom. The molecule has 0 spiro atoms. The molecule has 21 heavy (non-hydrogen) atoms. The van der Waals surface area contributed by atoms with Crippen LogP contribution in [-0.2, 0) is 12.8 Å². The Balaban J connectivity index is 1.77. The number of anilines is 2. The standard InChI is InChI=1S/C16H17ClN2OS/c17-12-7-6-11(9-13(12)18)19-16(20)15-8-10-4-2-1-3-5-14(10)21-15/h6-9H,1-5,18H2,(H,19,20). The van der Waals surface area contributed by atoms with Crippen LogP contribution in [0.15, 0.2) is 24.3 Å². The van der Waals surface area contributed by atoms with Gasteiger partial charge in [0, 0.05) is 10.6 Å². The Hall–Kier alpha value is -1.52. The van der Waals surface area contributed by atoms with E-state index in [2.05, 4.69) is 5.32 Å². The van der Waals surface area contributed by atoms with Crippen molar-refractivity contribution < 1.29 is 4.79 Å². The topological polar surface area (TPSA) is 55.1 Å². The van der Waals surface area contributed by atoms with Crippen LogP contribution in [0.2, 0.25) is 5.02 Å². The Morgan fingerprint density at radius 3 is 2.81 bits per heavy atom. The van der Waals surface area contributed by atoms with Crippen molar-refractivity contribution in [3.05, 3.63) is 44.6 Å². The number of thiophene rings is 1. The van der Waals surface area contributed by atoms with E-state index in [0.717, 1.165) is 17.7 Å². The summed E-state index contributed by atoms with van der Waals surface area (Å²) >= 11 is 7.50. The van der Waals surface area contributed by atoms with Crippen molar-refractivity contribution in [2.75, 3.05) is 11.1 Å². The molecule has 0 bridgehead atoms. The molecule has 1 aliphatic rings. The van der Waals surface area contributed by atoms with Gasteiger partial charge < -0.3 is 11.1 Å². The molecule has 1 aromatic carbocycles. The predicted octanol–water partition coefficient (Wildman–Crippen LogP) is 4.50. The van der Waals surface area contributed by atoms with Gasteiger partial charge in [0.15, 0.2) is 0 Å². The Morgan fingerprint density at radius 2 is 2.00 bits per heavy atom. The van der Waals surface area contributed by atoms with E-state index in [1.165, 1.54) is 29.7 Å². The van der Waals surface area contributed by atoms with E-state index in [1.807, 2.05) is 6.07 Å². The van der Waals surface area contributed by atoms with Gasteiger partial charge in [-0.15, -0.1) is 11.3 Å². The summed E-state index contributed by atoms with van der Waals surface area (Å²) in [5.74, 6) is -0.0743. The van der Waals surface area contributed by atoms with Crippen LogP contribution in [0.4, 0.5) is 11.4 Å². The first-order valence-electron chi connectivity index (χ1n) is 7.11. The second-order valence-corrected chi connectivity index (χ2v) is 6.85. The van der Waals surface area contributed by atoms with Gasteiger partial charge in [0.25, 0.3) is 5.91 Å². The highest BCUT2D eigenvalue weighted by Gasteiger charge is 2.16. The van der Waals surface area contributed by atoms with Gasteiger partial charge >= 0.3 is 0 Å². The normalized spacial score (nSPS) is 14.3. The molecular formula is C16H17ClN2OS. The highest BCUT2D eigenvalue weighted by Crippen LogP contribution is 2.30. The lowest BCUT2D eigenvalue weighted by molar-refractivity contribution is 0.103. The summed E-state index contributed by atoms with van der Waals surface area (Å²) in [6.45, 7) is 0. The molecule has 2 aromatic rings. The molecule has 1 heterocycles. The molecule has 3 N–H and O–H groups in total. The quantitative estimate of drug-likeness (QED) is 0.632. The van der Waals surface area contributed by atoms with E-state index in [4.69, 9.17) is 17.3 Å². The largest absolute Gasteiger partial charge is 0.397 e. The van der Waals surface area contributed by atoms with E-state index in [0.29, 0.717) is 16.4 Å². The maximum Gasteiger partial charge on any atom is 0.265 e. The van der Waals surface area contributed by atoms with Crippen LogP contribution in [0.5, 0.6) is 0 Å². The molecular weight excluding hydrogens is 304 g/mol. The molecule has 0 radical (unpaired) electrons. The summed E-state index contributed by atoms with van der Waals surface area (Å²) in [4.78, 5) is 14.5. The number of nitrogens with two attached hydrogens (primary N) is 1. The average molecular weight is 321 g/mol. The lowest BCUT2D eigenvalue weighted by atomic mass is 10.1. The van der Waals surface area contributed by atoms with Gasteiger partial charge in [0.05, 0.1) is 15.6 Å². The number of carbonyl (C=O) groups excluding carboxylic acids is 1. The van der Waals surface area contributed by atoms with Gasteiger partial charge in [-0.2, -0.15) is 0 Å². The van der Waals surface area contributed by atoms with E-state index in [1.54, 1.807) is 29.5 Å². The van der Waals surface area contributed by atoms with Crippen LogP contribution >= 0.6 is 22.9 Å². The fourth-order valence-corrected chi connectivity index (χ4v) is 3.86. The van der Waals surface area contributed by atoms with Crippen LogP contribution < -0.4 is 11.1 Å². The van der Waals surface area contributed by atoms with Gasteiger partial charge in [-0.25, -0.2) is 0 Å². The minimum Gasteiger partial charge on any atom is -0.397 e. The first kappa shape index (κ1) is 14.4. The molecule has 3 nitrogen and oxygen atoms in total. The zero-order chi connectivity index (χ0) is 14.8. The summed E-state index contributed by atoms with van der Waals surface area (Å²) in [6.07, 6.45) is 5.92. The Bertz CT molecular complexity index is 657. The van der Waals surface area contributed by atoms with E-state index < -0.39 is 0 Å². The number of halogens is 1. The molecule has 0 saturated carbocycles. The van der Waals surface area contributed by atoms with Crippen molar-refractivity contribution in [3.63, 3.8) is 0 Å². The van der Waals surface area contributed by atoms with Crippen LogP contribution in [0, 0.1) is 0 Å². The summed E-state index contributed by atoms with van der Waals surface area (Å²) in [7, 11) is 0. The first-order valence-corrected chi connectivity index (χ1v) is 8.31. The van der Waals surface area contributed by atoms with Crippen LogP contribution in [0.3, 0.4) is 0 Å². The minimum absolute atomic E-state index is 0.0743. The maximum atomic E-state index is 12.3. The number of carbonyl (C=O) groups is 1. The number of nitrogen functional groups attached to an aromatic ring is 1. The number of fused-ring (bicyclic) bond motifs is 1. The second kappa shape index (κ2) is 6.08. The fourth-order valence-electron chi connectivity index (χ4n) is 2.59. The van der Waals surface area contributed by atoms with Gasteiger partial charge in [-0.1, -0.05) is 18.0 Å². The zero-order valence-corrected chi connectivity index (χ0v) is 13.2. The van der Waals surface area contributed by atoms with Crippen LogP contribution in [0.25, 0.3) is 0 Å². The number of hydrogen-bond donors (Lipinski definition) is 2. The lowest BCUT2D eigenvalue weighted by Gasteiger charge is -2.05. The zero-order valence-electron chi connectivity index (χ0n) is 11.6. The van der Waals surface area contributed by atoms with Crippen molar-refractivity contribution in [1.82, 2.24) is 0 Å². The third-order valence-electron chi connectivity index (χ3n) is 3.72. The van der Waals surface area contributed by atoms with Crippen molar-refractivity contribution >= 4 is 40.2 Å². The number of benzene rings is 1. The molecule has 0 fully saturated rings. The molecule has 1 aromatic heterocycles. The minimum atomic E-state index is -0.0743. The molecule has 3 rings (SSSR count). The number of aryl methyl sites for hydroxylation is 2. The molecule has 0 atom stereocenters. The summed E-state index contributed by atoms with van der Waals surface area (Å²) in [6, 6.07) is 7.17. The van der Waals surface area contributed by atoms with Gasteiger partial charge in [0.2, 0.25) is 0 Å². The van der Waals surface area contributed by atoms with E-state index >= 15 is 0 Å². The fraction of sp³-hybridized carbons (Fsp3) is 0.312. The maximum absolute atomic E-state index is 12.3. The van der Waals surface area contributed by atoms with E-state index in [9.17, 15) is 4.79 Å². The number of hydrogen-bond acceptors (Lipinski definition) is 3. The van der Waals surface area contributed by atoms with Crippen molar-refractivity contribution in [3.8, 4) is 0 Å². The smallest absolute Gasteiger partial charge is 0.265 e. The van der Waals surface area contributed by atoms with Crippen LogP contribution in [-0.4, -0.2) is 5.91 Å². The Kier molecular flexibility index (Phi) is 4.17.